The van der Waals surface area contributed by atoms with E-state index in [4.69, 9.17) is 19.5 Å². The van der Waals surface area contributed by atoms with E-state index in [1.165, 1.54) is 12.0 Å². The summed E-state index contributed by atoms with van der Waals surface area (Å²) in [5, 5.41) is 3.91. The highest BCUT2D eigenvalue weighted by atomic mass is 32.2. The van der Waals surface area contributed by atoms with Crippen molar-refractivity contribution in [2.45, 2.75) is 6.61 Å². The van der Waals surface area contributed by atoms with Gasteiger partial charge in [-0.1, -0.05) is 35.5 Å². The average molecular weight is 385 g/mol. The molecule has 1 fully saturated rings. The number of amides is 1. The Labute approximate surface area is 152 Å². The first-order chi connectivity index (χ1) is 12.3. The first kappa shape index (κ1) is 20.1. The standard InChI is InChI=1S/C16H23N3O6S/c1-23-18-14-8-19(11-16(14,10-17)12-25-26(2,21)22)15(20)24-9-13-6-4-3-5-7-13/h3-7H,8-12,17H2,1-2H3/b18-14-. The number of carbonyl (C=O) groups is 1. The number of benzene rings is 1. The predicted molar refractivity (Wildman–Crippen MR) is 94.9 cm³/mol. The number of nitrogens with two attached hydrogens (primary N) is 1. The van der Waals surface area contributed by atoms with Crippen LogP contribution in [0.5, 0.6) is 0 Å². The van der Waals surface area contributed by atoms with E-state index in [2.05, 4.69) is 5.16 Å². The molecule has 2 N–H and O–H groups in total. The van der Waals surface area contributed by atoms with Crippen LogP contribution in [-0.4, -0.2) is 64.7 Å². The highest BCUT2D eigenvalue weighted by Gasteiger charge is 2.47. The molecule has 1 heterocycles. The summed E-state index contributed by atoms with van der Waals surface area (Å²) < 4.78 is 32.9. The molecule has 1 aromatic rings. The van der Waals surface area contributed by atoms with Gasteiger partial charge in [-0.25, -0.2) is 4.79 Å². The van der Waals surface area contributed by atoms with Crippen LogP contribution in [0.3, 0.4) is 0 Å². The zero-order valence-corrected chi connectivity index (χ0v) is 15.6. The molecule has 0 aliphatic carbocycles. The van der Waals surface area contributed by atoms with E-state index in [1.54, 1.807) is 0 Å². The zero-order chi connectivity index (χ0) is 19.2. The van der Waals surface area contributed by atoms with Crippen molar-refractivity contribution in [1.29, 1.82) is 0 Å². The van der Waals surface area contributed by atoms with Crippen LogP contribution >= 0.6 is 0 Å². The van der Waals surface area contributed by atoms with Gasteiger partial charge in [0.25, 0.3) is 10.1 Å². The monoisotopic (exact) mass is 385 g/mol. The quantitative estimate of drug-likeness (QED) is 0.538. The minimum atomic E-state index is -3.67. The maximum absolute atomic E-state index is 12.4. The average Bonchev–Trinajstić information content (AvgIpc) is 2.98. The molecule has 1 atom stereocenters. The smallest absolute Gasteiger partial charge is 0.410 e. The van der Waals surface area contributed by atoms with E-state index in [0.717, 1.165) is 11.8 Å². The van der Waals surface area contributed by atoms with Crippen molar-refractivity contribution in [2.75, 3.05) is 39.6 Å². The molecule has 10 heteroatoms. The zero-order valence-electron chi connectivity index (χ0n) is 14.8. The summed E-state index contributed by atoms with van der Waals surface area (Å²) in [6.07, 6.45) is 0.401. The topological polar surface area (TPSA) is 121 Å². The fraction of sp³-hybridized carbons (Fsp3) is 0.500. The third-order valence-corrected chi connectivity index (χ3v) is 4.60. The third-order valence-electron chi connectivity index (χ3n) is 4.05. The number of nitrogens with zero attached hydrogens (tertiary/aromatic N) is 2. The van der Waals surface area contributed by atoms with E-state index >= 15 is 0 Å². The highest BCUT2D eigenvalue weighted by Crippen LogP contribution is 2.29. The number of hydrogen-bond donors (Lipinski definition) is 1. The van der Waals surface area contributed by atoms with Gasteiger partial charge < -0.3 is 20.2 Å². The fourth-order valence-electron chi connectivity index (χ4n) is 2.63. The normalized spacial score (nSPS) is 21.8. The highest BCUT2D eigenvalue weighted by molar-refractivity contribution is 7.85. The molecular weight excluding hydrogens is 362 g/mol. The van der Waals surface area contributed by atoms with Gasteiger partial charge in [0.1, 0.15) is 13.7 Å². The molecular formula is C16H23N3O6S. The lowest BCUT2D eigenvalue weighted by Gasteiger charge is -2.26. The van der Waals surface area contributed by atoms with E-state index in [1.807, 2.05) is 30.3 Å². The van der Waals surface area contributed by atoms with Gasteiger partial charge in [0.2, 0.25) is 0 Å². The Morgan fingerprint density at radius 1 is 1.35 bits per heavy atom. The molecule has 0 aromatic heterocycles. The number of carbonyl (C=O) groups excluding carboxylic acids is 1. The molecule has 1 unspecified atom stereocenters. The van der Waals surface area contributed by atoms with E-state index < -0.39 is 21.6 Å². The van der Waals surface area contributed by atoms with Gasteiger partial charge in [-0.3, -0.25) is 4.18 Å². The van der Waals surface area contributed by atoms with Crippen molar-refractivity contribution in [3.05, 3.63) is 35.9 Å². The van der Waals surface area contributed by atoms with E-state index in [-0.39, 0.29) is 32.8 Å². The molecule has 9 nitrogen and oxygen atoms in total. The maximum Gasteiger partial charge on any atom is 0.410 e. The van der Waals surface area contributed by atoms with Crippen molar-refractivity contribution in [2.24, 2.45) is 16.3 Å². The minimum Gasteiger partial charge on any atom is -0.445 e. The second kappa shape index (κ2) is 8.47. The van der Waals surface area contributed by atoms with Crippen LogP contribution in [-0.2, 0) is 30.5 Å². The van der Waals surface area contributed by atoms with Crippen LogP contribution in [0.1, 0.15) is 5.56 Å². The van der Waals surface area contributed by atoms with Crippen molar-refractivity contribution < 1.29 is 27.0 Å². The first-order valence-corrected chi connectivity index (χ1v) is 9.72. The van der Waals surface area contributed by atoms with Crippen LogP contribution in [0.4, 0.5) is 4.79 Å². The third kappa shape index (κ3) is 5.16. The first-order valence-electron chi connectivity index (χ1n) is 7.90. The van der Waals surface area contributed by atoms with Crippen LogP contribution < -0.4 is 5.73 Å². The van der Waals surface area contributed by atoms with Gasteiger partial charge in [0.15, 0.2) is 0 Å². The van der Waals surface area contributed by atoms with Crippen molar-refractivity contribution in [3.63, 3.8) is 0 Å². The van der Waals surface area contributed by atoms with Crippen LogP contribution in [0.2, 0.25) is 0 Å². The lowest BCUT2D eigenvalue weighted by molar-refractivity contribution is 0.0958. The molecule has 1 amide bonds. The minimum absolute atomic E-state index is 0.0349. The van der Waals surface area contributed by atoms with Gasteiger partial charge in [0, 0.05) is 13.1 Å². The summed E-state index contributed by atoms with van der Waals surface area (Å²) in [6.45, 7) is 0.170. The predicted octanol–water partition coefficient (Wildman–Crippen LogP) is 0.563. The molecule has 144 valence electrons. The Kier molecular flexibility index (Phi) is 6.57. The van der Waals surface area contributed by atoms with Crippen molar-refractivity contribution in [3.8, 4) is 0 Å². The fourth-order valence-corrected chi connectivity index (χ4v) is 3.07. The van der Waals surface area contributed by atoms with E-state index in [0.29, 0.717) is 5.71 Å². The maximum atomic E-state index is 12.4. The summed E-state index contributed by atoms with van der Waals surface area (Å²) >= 11 is 0. The summed E-state index contributed by atoms with van der Waals surface area (Å²) in [4.78, 5) is 18.6. The summed E-state index contributed by atoms with van der Waals surface area (Å²) in [5.74, 6) is 0. The van der Waals surface area contributed by atoms with Gasteiger partial charge in [-0.2, -0.15) is 8.42 Å². The molecule has 1 saturated heterocycles. The van der Waals surface area contributed by atoms with Crippen LogP contribution in [0.25, 0.3) is 0 Å². The lowest BCUT2D eigenvalue weighted by Crippen LogP contribution is -2.44. The molecule has 0 saturated carbocycles. The van der Waals surface area contributed by atoms with Gasteiger partial charge in [-0.15, -0.1) is 0 Å². The Morgan fingerprint density at radius 3 is 2.62 bits per heavy atom. The second-order valence-electron chi connectivity index (χ2n) is 6.07. The molecule has 1 aromatic carbocycles. The molecule has 1 aliphatic rings. The lowest BCUT2D eigenvalue weighted by atomic mass is 9.86. The van der Waals surface area contributed by atoms with Crippen molar-refractivity contribution in [1.82, 2.24) is 4.90 Å². The van der Waals surface area contributed by atoms with Gasteiger partial charge in [0.05, 0.1) is 30.5 Å². The molecule has 0 bridgehead atoms. The van der Waals surface area contributed by atoms with Crippen LogP contribution in [0, 0.1) is 5.41 Å². The molecule has 0 radical (unpaired) electrons. The molecule has 0 spiro atoms. The Bertz CT molecular complexity index is 753. The van der Waals surface area contributed by atoms with Gasteiger partial charge in [-0.05, 0) is 5.56 Å². The molecule has 26 heavy (non-hydrogen) atoms. The number of rotatable bonds is 7. The number of oxime groups is 1. The summed E-state index contributed by atoms with van der Waals surface area (Å²) in [5.41, 5.74) is 6.19. The Hall–Kier alpha value is -2.17. The second-order valence-corrected chi connectivity index (χ2v) is 7.71. The largest absolute Gasteiger partial charge is 0.445 e. The summed E-state index contributed by atoms with van der Waals surface area (Å²) in [7, 11) is -2.31. The van der Waals surface area contributed by atoms with Crippen LogP contribution in [0.15, 0.2) is 35.5 Å². The summed E-state index contributed by atoms with van der Waals surface area (Å²) in [6, 6.07) is 9.27. The number of hydrogen-bond acceptors (Lipinski definition) is 8. The van der Waals surface area contributed by atoms with Gasteiger partial charge >= 0.3 is 6.09 Å². The SMILES string of the molecule is CO/N=C1/CN(C(=O)OCc2ccccc2)CC1(CN)COS(C)(=O)=O. The Morgan fingerprint density at radius 2 is 2.04 bits per heavy atom. The Balaban J connectivity index is 2.09. The molecule has 1 aliphatic heterocycles. The molecule has 2 rings (SSSR count). The number of ether oxygens (including phenoxy) is 1. The number of likely N-dealkylation sites (tertiary alicyclic amines) is 1. The van der Waals surface area contributed by atoms with Crippen molar-refractivity contribution >= 4 is 21.9 Å². The van der Waals surface area contributed by atoms with E-state index in [9.17, 15) is 13.2 Å².